The maximum absolute atomic E-state index is 12.0. The van der Waals surface area contributed by atoms with Crippen LogP contribution in [0.25, 0.3) is 0 Å². The number of aromatic nitrogens is 4. The van der Waals surface area contributed by atoms with E-state index in [1.165, 1.54) is 11.3 Å². The Labute approximate surface area is 122 Å². The van der Waals surface area contributed by atoms with Crippen LogP contribution in [0.2, 0.25) is 0 Å². The van der Waals surface area contributed by atoms with E-state index in [-0.39, 0.29) is 11.5 Å². The fourth-order valence-corrected chi connectivity index (χ4v) is 1.07. The lowest BCUT2D eigenvalue weighted by Gasteiger charge is -1.98. The number of imidazole rings is 1. The SMILES string of the molecule is CN(C)N=Nc1nc[nH]c1C(N)=O.O=c1[nH]cc(F)c(=O)[nH]1. The van der Waals surface area contributed by atoms with Gasteiger partial charge in [-0.15, -0.1) is 5.11 Å². The molecule has 118 valence electrons. The summed E-state index contributed by atoms with van der Waals surface area (Å²) in [5.74, 6) is -1.40. The quantitative estimate of drug-likeness (QED) is 0.432. The third kappa shape index (κ3) is 4.99. The maximum Gasteiger partial charge on any atom is 0.325 e. The lowest BCUT2D eigenvalue weighted by molar-refractivity contribution is 0.0996. The molecule has 0 aliphatic rings. The van der Waals surface area contributed by atoms with E-state index in [1.54, 1.807) is 19.1 Å². The number of halogens is 1. The zero-order chi connectivity index (χ0) is 16.7. The van der Waals surface area contributed by atoms with E-state index >= 15 is 0 Å². The van der Waals surface area contributed by atoms with Gasteiger partial charge in [-0.1, -0.05) is 5.22 Å². The molecule has 0 aliphatic heterocycles. The van der Waals surface area contributed by atoms with Crippen LogP contribution >= 0.6 is 0 Å². The largest absolute Gasteiger partial charge is 0.364 e. The molecule has 0 aliphatic carbocycles. The van der Waals surface area contributed by atoms with Crippen LogP contribution in [0.4, 0.5) is 10.2 Å². The fourth-order valence-electron chi connectivity index (χ4n) is 1.07. The topological polar surface area (TPSA) is 165 Å². The van der Waals surface area contributed by atoms with Gasteiger partial charge in [0.1, 0.15) is 0 Å². The van der Waals surface area contributed by atoms with Gasteiger partial charge in [0.2, 0.25) is 11.6 Å². The highest BCUT2D eigenvalue weighted by Gasteiger charge is 2.09. The van der Waals surface area contributed by atoms with Crippen molar-refractivity contribution in [1.29, 1.82) is 0 Å². The van der Waals surface area contributed by atoms with Gasteiger partial charge in [-0.25, -0.2) is 9.78 Å². The van der Waals surface area contributed by atoms with Crippen molar-refractivity contribution in [3.05, 3.63) is 44.9 Å². The molecule has 2 aromatic rings. The molecule has 0 fully saturated rings. The van der Waals surface area contributed by atoms with E-state index in [2.05, 4.69) is 20.3 Å². The summed E-state index contributed by atoms with van der Waals surface area (Å²) in [6.07, 6.45) is 2.05. The Morgan fingerprint density at radius 1 is 1.36 bits per heavy atom. The van der Waals surface area contributed by atoms with Crippen LogP contribution in [0.15, 0.2) is 32.5 Å². The molecular formula is C10H13FN8O3. The van der Waals surface area contributed by atoms with Gasteiger partial charge in [-0.2, -0.15) is 4.39 Å². The highest BCUT2D eigenvalue weighted by Crippen LogP contribution is 2.12. The number of hydrogen-bond acceptors (Lipinski definition) is 6. The average molecular weight is 312 g/mol. The molecule has 2 aromatic heterocycles. The number of aromatic amines is 3. The molecule has 0 spiro atoms. The van der Waals surface area contributed by atoms with Crippen LogP contribution in [-0.4, -0.2) is 44.9 Å². The molecule has 0 atom stereocenters. The van der Waals surface area contributed by atoms with Crippen molar-refractivity contribution in [1.82, 2.24) is 24.9 Å². The average Bonchev–Trinajstić information content (AvgIpc) is 2.90. The Hall–Kier alpha value is -3.31. The minimum atomic E-state index is -1.00. The van der Waals surface area contributed by atoms with Crippen LogP contribution < -0.4 is 17.0 Å². The molecule has 0 bridgehead atoms. The summed E-state index contributed by atoms with van der Waals surface area (Å²) in [4.78, 5) is 41.1. The number of carbonyl (C=O) groups excluding carboxylic acids is 1. The molecule has 0 radical (unpaired) electrons. The van der Waals surface area contributed by atoms with Crippen molar-refractivity contribution in [3.8, 4) is 0 Å². The predicted octanol–water partition coefficient (Wildman–Crippen LogP) is -0.729. The lowest BCUT2D eigenvalue weighted by atomic mass is 10.4. The Morgan fingerprint density at radius 3 is 2.55 bits per heavy atom. The van der Waals surface area contributed by atoms with Gasteiger partial charge < -0.3 is 15.7 Å². The number of nitrogens with one attached hydrogen (secondary N) is 3. The van der Waals surface area contributed by atoms with E-state index in [0.29, 0.717) is 6.20 Å². The highest BCUT2D eigenvalue weighted by molar-refractivity contribution is 5.94. The molecule has 0 saturated heterocycles. The first-order chi connectivity index (χ1) is 10.3. The van der Waals surface area contributed by atoms with Gasteiger partial charge >= 0.3 is 5.69 Å². The van der Waals surface area contributed by atoms with Crippen LogP contribution in [0, 0.1) is 5.82 Å². The normalized spacial score (nSPS) is 10.1. The predicted molar refractivity (Wildman–Crippen MR) is 72.9 cm³/mol. The van der Waals surface area contributed by atoms with Crippen LogP contribution in [0.3, 0.4) is 0 Å². The summed E-state index contributed by atoms with van der Waals surface area (Å²) in [6, 6.07) is 0. The van der Waals surface area contributed by atoms with Gasteiger partial charge in [0.25, 0.3) is 11.5 Å². The van der Waals surface area contributed by atoms with E-state index in [1.807, 2.05) is 4.98 Å². The number of nitrogens with two attached hydrogens (primary N) is 1. The number of rotatable bonds is 3. The summed E-state index contributed by atoms with van der Waals surface area (Å²) >= 11 is 0. The molecule has 0 saturated carbocycles. The second-order valence-electron chi connectivity index (χ2n) is 3.92. The molecule has 5 N–H and O–H groups in total. The maximum atomic E-state index is 12.0. The van der Waals surface area contributed by atoms with E-state index < -0.39 is 23.0 Å². The molecular weight excluding hydrogens is 299 g/mol. The Kier molecular flexibility index (Phi) is 5.68. The zero-order valence-electron chi connectivity index (χ0n) is 11.6. The third-order valence-electron chi connectivity index (χ3n) is 1.96. The number of nitrogens with zero attached hydrogens (tertiary/aromatic N) is 4. The molecule has 2 rings (SSSR count). The van der Waals surface area contributed by atoms with Crippen molar-refractivity contribution in [3.63, 3.8) is 0 Å². The molecule has 1 amide bonds. The first-order valence-electron chi connectivity index (χ1n) is 5.71. The minimum Gasteiger partial charge on any atom is -0.364 e. The van der Waals surface area contributed by atoms with E-state index in [9.17, 15) is 18.8 Å². The second kappa shape index (κ2) is 7.47. The summed E-state index contributed by atoms with van der Waals surface area (Å²) < 4.78 is 12.0. The molecule has 11 nitrogen and oxygen atoms in total. The number of hydrogen-bond donors (Lipinski definition) is 4. The fraction of sp³-hybridized carbons (Fsp3) is 0.200. The molecule has 22 heavy (non-hydrogen) atoms. The smallest absolute Gasteiger partial charge is 0.325 e. The Balaban J connectivity index is 0.000000235. The molecule has 12 heteroatoms. The monoisotopic (exact) mass is 312 g/mol. The van der Waals surface area contributed by atoms with Gasteiger partial charge in [0.15, 0.2) is 5.69 Å². The molecule has 0 aromatic carbocycles. The first-order valence-corrected chi connectivity index (χ1v) is 5.71. The van der Waals surface area contributed by atoms with E-state index in [4.69, 9.17) is 5.73 Å². The van der Waals surface area contributed by atoms with Crippen LogP contribution in [0.5, 0.6) is 0 Å². The lowest BCUT2D eigenvalue weighted by Crippen LogP contribution is -2.23. The Bertz CT molecular complexity index is 775. The first kappa shape index (κ1) is 16.7. The number of H-pyrrole nitrogens is 3. The van der Waals surface area contributed by atoms with Gasteiger partial charge in [0.05, 0.1) is 6.33 Å². The standard InChI is InChI=1S/C6H10N6O.C4H3FN2O2/c1-12(2)11-10-6-4(5(7)13)8-3-9-6;5-2-1-6-4(9)7-3(2)8/h3H,1-2H3,(H2,7,13)(H,8,9);1H,(H2,6,7,8,9). The zero-order valence-corrected chi connectivity index (χ0v) is 11.6. The van der Waals surface area contributed by atoms with Crippen molar-refractivity contribution >= 4 is 11.7 Å². The Morgan fingerprint density at radius 2 is 2.05 bits per heavy atom. The van der Waals surface area contributed by atoms with Gasteiger partial charge in [0, 0.05) is 20.3 Å². The third-order valence-corrected chi connectivity index (χ3v) is 1.96. The van der Waals surface area contributed by atoms with Crippen molar-refractivity contribution < 1.29 is 9.18 Å². The summed E-state index contributed by atoms with van der Waals surface area (Å²) in [6.45, 7) is 0. The number of carbonyl (C=O) groups is 1. The number of amides is 1. The van der Waals surface area contributed by atoms with Crippen LogP contribution in [0.1, 0.15) is 10.5 Å². The molecule has 0 unspecified atom stereocenters. The van der Waals surface area contributed by atoms with Crippen molar-refractivity contribution in [2.45, 2.75) is 0 Å². The van der Waals surface area contributed by atoms with Crippen LogP contribution in [-0.2, 0) is 0 Å². The van der Waals surface area contributed by atoms with E-state index in [0.717, 1.165) is 0 Å². The van der Waals surface area contributed by atoms with Gasteiger partial charge in [-0.05, 0) is 0 Å². The second-order valence-corrected chi connectivity index (χ2v) is 3.92. The number of primary amides is 1. The highest BCUT2D eigenvalue weighted by atomic mass is 19.1. The summed E-state index contributed by atoms with van der Waals surface area (Å²) in [5.41, 5.74) is 3.49. The van der Waals surface area contributed by atoms with Crippen molar-refractivity contribution in [2.75, 3.05) is 14.1 Å². The summed E-state index contributed by atoms with van der Waals surface area (Å²) in [5, 5.41) is 8.86. The summed E-state index contributed by atoms with van der Waals surface area (Å²) in [7, 11) is 3.42. The minimum absolute atomic E-state index is 0.158. The van der Waals surface area contributed by atoms with Gasteiger partial charge in [-0.3, -0.25) is 19.6 Å². The molecule has 2 heterocycles. The van der Waals surface area contributed by atoms with Crippen molar-refractivity contribution in [2.24, 2.45) is 16.1 Å².